The molecule has 126 valence electrons. The molecule has 1 N–H and O–H groups in total. The molecule has 0 aliphatic carbocycles. The van der Waals surface area contributed by atoms with Crippen molar-refractivity contribution >= 4 is 12.0 Å². The lowest BCUT2D eigenvalue weighted by Crippen LogP contribution is -2.46. The fraction of sp³-hybridized carbons (Fsp3) is 0.556. The van der Waals surface area contributed by atoms with E-state index < -0.39 is 6.04 Å². The van der Waals surface area contributed by atoms with Crippen molar-refractivity contribution in [2.45, 2.75) is 45.7 Å². The molecule has 1 aliphatic rings. The molecule has 1 aromatic rings. The van der Waals surface area contributed by atoms with Crippen molar-refractivity contribution in [1.29, 1.82) is 0 Å². The van der Waals surface area contributed by atoms with Crippen LogP contribution < -0.4 is 5.32 Å². The van der Waals surface area contributed by atoms with Crippen molar-refractivity contribution in [3.8, 4) is 0 Å². The van der Waals surface area contributed by atoms with Gasteiger partial charge in [0, 0.05) is 6.54 Å². The van der Waals surface area contributed by atoms with Crippen LogP contribution in [0.15, 0.2) is 30.3 Å². The first-order valence-electron chi connectivity index (χ1n) is 8.27. The van der Waals surface area contributed by atoms with Crippen molar-refractivity contribution in [2.24, 2.45) is 5.92 Å². The zero-order chi connectivity index (χ0) is 16.8. The minimum Gasteiger partial charge on any atom is -0.449 e. The first-order chi connectivity index (χ1) is 11.0. The highest BCUT2D eigenvalue weighted by atomic mass is 16.6. The van der Waals surface area contributed by atoms with Gasteiger partial charge < -0.3 is 10.1 Å². The van der Waals surface area contributed by atoms with Crippen molar-refractivity contribution < 1.29 is 14.3 Å². The van der Waals surface area contributed by atoms with Crippen LogP contribution in [0.25, 0.3) is 0 Å². The van der Waals surface area contributed by atoms with Crippen LogP contribution in [-0.4, -0.2) is 36.1 Å². The molecule has 0 radical (unpaired) electrons. The molecular formula is C18H26N2O3. The second kappa shape index (κ2) is 7.99. The summed E-state index contributed by atoms with van der Waals surface area (Å²) in [7, 11) is 0. The molecule has 0 saturated carbocycles. The number of rotatable bonds is 5. The maximum Gasteiger partial charge on any atom is 0.410 e. The number of nitrogens with one attached hydrogen (secondary N) is 1. The molecule has 2 unspecified atom stereocenters. The Morgan fingerprint density at radius 2 is 1.96 bits per heavy atom. The van der Waals surface area contributed by atoms with E-state index in [1.807, 2.05) is 51.1 Å². The average Bonchev–Trinajstić information content (AvgIpc) is 3.03. The zero-order valence-electron chi connectivity index (χ0n) is 14.1. The number of amides is 2. The molecule has 1 saturated heterocycles. The monoisotopic (exact) mass is 318 g/mol. The minimum absolute atomic E-state index is 0.0853. The van der Waals surface area contributed by atoms with Gasteiger partial charge in [0.15, 0.2) is 0 Å². The van der Waals surface area contributed by atoms with Crippen molar-refractivity contribution in [3.05, 3.63) is 35.9 Å². The second-order valence-electron chi connectivity index (χ2n) is 6.46. The summed E-state index contributed by atoms with van der Waals surface area (Å²) in [6.45, 7) is 6.88. The van der Waals surface area contributed by atoms with Crippen LogP contribution in [0.5, 0.6) is 0 Å². The van der Waals surface area contributed by atoms with Gasteiger partial charge in [-0.05, 0) is 31.2 Å². The Morgan fingerprint density at radius 1 is 1.26 bits per heavy atom. The lowest BCUT2D eigenvalue weighted by atomic mass is 10.1. The predicted molar refractivity (Wildman–Crippen MR) is 88.9 cm³/mol. The first kappa shape index (κ1) is 17.3. The van der Waals surface area contributed by atoms with Gasteiger partial charge in [0.25, 0.3) is 0 Å². The number of hydrogen-bond donors (Lipinski definition) is 1. The summed E-state index contributed by atoms with van der Waals surface area (Å²) in [5.74, 6) is 0.173. The van der Waals surface area contributed by atoms with Crippen LogP contribution in [0.3, 0.4) is 0 Å². The summed E-state index contributed by atoms with van der Waals surface area (Å²) >= 11 is 0. The molecule has 5 heteroatoms. The van der Waals surface area contributed by atoms with E-state index in [0.29, 0.717) is 19.6 Å². The van der Waals surface area contributed by atoms with E-state index in [4.69, 9.17) is 4.74 Å². The number of benzene rings is 1. The van der Waals surface area contributed by atoms with Crippen LogP contribution in [0.4, 0.5) is 4.79 Å². The van der Waals surface area contributed by atoms with Crippen LogP contribution in [-0.2, 0) is 9.53 Å². The third kappa shape index (κ3) is 4.71. The van der Waals surface area contributed by atoms with Gasteiger partial charge in [-0.25, -0.2) is 4.79 Å². The molecule has 23 heavy (non-hydrogen) atoms. The molecular weight excluding hydrogens is 292 g/mol. The van der Waals surface area contributed by atoms with E-state index in [-0.39, 0.29) is 24.0 Å². The van der Waals surface area contributed by atoms with Gasteiger partial charge >= 0.3 is 6.09 Å². The summed E-state index contributed by atoms with van der Waals surface area (Å²) in [6.07, 6.45) is 1.13. The second-order valence-corrected chi connectivity index (χ2v) is 6.46. The summed E-state index contributed by atoms with van der Waals surface area (Å²) in [5, 5.41) is 3.00. The van der Waals surface area contributed by atoms with E-state index in [9.17, 15) is 9.59 Å². The summed E-state index contributed by atoms with van der Waals surface area (Å²) in [4.78, 5) is 26.2. The van der Waals surface area contributed by atoms with Crippen LogP contribution in [0, 0.1) is 5.92 Å². The number of ether oxygens (including phenoxy) is 1. The fourth-order valence-electron chi connectivity index (χ4n) is 2.71. The molecule has 1 aliphatic heterocycles. The van der Waals surface area contributed by atoms with Crippen LogP contribution in [0.2, 0.25) is 0 Å². The number of carbonyl (C=O) groups is 2. The Balaban J connectivity index is 1.93. The van der Waals surface area contributed by atoms with E-state index in [1.54, 1.807) is 4.90 Å². The molecule has 0 aromatic heterocycles. The fourth-order valence-corrected chi connectivity index (χ4v) is 2.71. The Labute approximate surface area is 138 Å². The van der Waals surface area contributed by atoms with Gasteiger partial charge in [-0.15, -0.1) is 0 Å². The van der Waals surface area contributed by atoms with Gasteiger partial charge in [0.05, 0.1) is 12.6 Å². The van der Waals surface area contributed by atoms with E-state index in [1.165, 1.54) is 0 Å². The van der Waals surface area contributed by atoms with E-state index in [2.05, 4.69) is 5.32 Å². The average molecular weight is 318 g/mol. The Bertz CT molecular complexity index is 530. The third-order valence-corrected chi connectivity index (χ3v) is 3.99. The topological polar surface area (TPSA) is 58.6 Å². The number of nitrogens with zero attached hydrogens (tertiary/aromatic N) is 1. The molecule has 1 aromatic carbocycles. The quantitative estimate of drug-likeness (QED) is 0.907. The zero-order valence-corrected chi connectivity index (χ0v) is 14.1. The standard InChI is InChI=1S/C18H26N2O3/c1-13(2)12-23-18(22)20-11-7-10-16(20)17(21)19-14(3)15-8-5-4-6-9-15/h4-6,8-9,13-14,16H,7,10-12H2,1-3H3,(H,19,21). The molecule has 0 spiro atoms. The maximum absolute atomic E-state index is 12.5. The highest BCUT2D eigenvalue weighted by molar-refractivity contribution is 5.86. The highest BCUT2D eigenvalue weighted by Gasteiger charge is 2.35. The minimum atomic E-state index is -0.430. The van der Waals surface area contributed by atoms with Gasteiger partial charge in [0.2, 0.25) is 5.91 Å². The van der Waals surface area contributed by atoms with Gasteiger partial charge in [-0.3, -0.25) is 9.69 Å². The number of carbonyl (C=O) groups excluding carboxylic acids is 2. The van der Waals surface area contributed by atoms with E-state index in [0.717, 1.165) is 12.0 Å². The Morgan fingerprint density at radius 3 is 2.61 bits per heavy atom. The maximum atomic E-state index is 12.5. The molecule has 5 nitrogen and oxygen atoms in total. The van der Waals surface area contributed by atoms with E-state index >= 15 is 0 Å². The van der Waals surface area contributed by atoms with Crippen LogP contribution >= 0.6 is 0 Å². The molecule has 1 heterocycles. The normalized spacial score (nSPS) is 18.8. The summed E-state index contributed by atoms with van der Waals surface area (Å²) < 4.78 is 5.26. The Kier molecular flexibility index (Phi) is 6.02. The molecule has 2 amide bonds. The van der Waals surface area contributed by atoms with Gasteiger partial charge in [0.1, 0.15) is 6.04 Å². The molecule has 2 rings (SSSR count). The number of hydrogen-bond acceptors (Lipinski definition) is 3. The predicted octanol–water partition coefficient (Wildman–Crippen LogP) is 3.12. The summed E-state index contributed by atoms with van der Waals surface area (Å²) in [5.41, 5.74) is 1.05. The highest BCUT2D eigenvalue weighted by Crippen LogP contribution is 2.20. The lowest BCUT2D eigenvalue weighted by Gasteiger charge is -2.25. The van der Waals surface area contributed by atoms with Crippen molar-refractivity contribution in [3.63, 3.8) is 0 Å². The Hall–Kier alpha value is -2.04. The molecule has 2 atom stereocenters. The van der Waals surface area contributed by atoms with Gasteiger partial charge in [-0.1, -0.05) is 44.2 Å². The van der Waals surface area contributed by atoms with Crippen molar-refractivity contribution in [1.82, 2.24) is 10.2 Å². The van der Waals surface area contributed by atoms with Crippen molar-refractivity contribution in [2.75, 3.05) is 13.2 Å². The first-order valence-corrected chi connectivity index (χ1v) is 8.27. The van der Waals surface area contributed by atoms with Crippen LogP contribution in [0.1, 0.15) is 45.2 Å². The molecule has 0 bridgehead atoms. The third-order valence-electron chi connectivity index (χ3n) is 3.99. The largest absolute Gasteiger partial charge is 0.449 e. The molecule has 1 fully saturated rings. The lowest BCUT2D eigenvalue weighted by molar-refractivity contribution is -0.125. The number of likely N-dealkylation sites (tertiary alicyclic amines) is 1. The SMILES string of the molecule is CC(C)COC(=O)N1CCCC1C(=O)NC(C)c1ccccc1. The van der Waals surface area contributed by atoms with Gasteiger partial charge in [-0.2, -0.15) is 0 Å². The summed E-state index contributed by atoms with van der Waals surface area (Å²) in [6, 6.07) is 9.29. The smallest absolute Gasteiger partial charge is 0.410 e.